The van der Waals surface area contributed by atoms with Crippen molar-refractivity contribution in [3.8, 4) is 0 Å². The number of nitrogens with zero attached hydrogens (tertiary/aromatic N) is 1. The van der Waals surface area contributed by atoms with Crippen LogP contribution in [0.15, 0.2) is 15.9 Å². The lowest BCUT2D eigenvalue weighted by Gasteiger charge is -1.95. The quantitative estimate of drug-likeness (QED) is 0.450. The average molecular weight is 217 g/mol. The first-order valence-electron chi connectivity index (χ1n) is 4.48. The maximum atomic E-state index is 5.21. The van der Waals surface area contributed by atoms with Crippen LogP contribution in [0.2, 0.25) is 0 Å². The number of hydrogen-bond acceptors (Lipinski definition) is 4. The standard InChI is InChI=1S/C9H15NOS2/c1-8-7-11-9(10-8)13-6-4-2-3-5-12/h7,12H,2-6H2,1H3. The molecule has 0 atom stereocenters. The molecule has 2 nitrogen and oxygen atoms in total. The molecule has 1 aromatic heterocycles. The minimum absolute atomic E-state index is 0.795. The number of aromatic nitrogens is 1. The molecule has 0 aliphatic heterocycles. The van der Waals surface area contributed by atoms with Crippen LogP contribution in [0, 0.1) is 6.92 Å². The molecule has 0 aliphatic carbocycles. The molecule has 13 heavy (non-hydrogen) atoms. The van der Waals surface area contributed by atoms with Crippen LogP contribution in [0.5, 0.6) is 0 Å². The van der Waals surface area contributed by atoms with Crippen LogP contribution < -0.4 is 0 Å². The van der Waals surface area contributed by atoms with Crippen molar-refractivity contribution < 1.29 is 4.42 Å². The van der Waals surface area contributed by atoms with E-state index in [9.17, 15) is 0 Å². The Kier molecular flexibility index (Phi) is 5.39. The number of aryl methyl sites for hydroxylation is 1. The van der Waals surface area contributed by atoms with Crippen LogP contribution in [0.25, 0.3) is 0 Å². The Bertz CT molecular complexity index is 237. The fourth-order valence-corrected chi connectivity index (χ4v) is 2.02. The molecular formula is C9H15NOS2. The summed E-state index contributed by atoms with van der Waals surface area (Å²) in [6.07, 6.45) is 5.35. The van der Waals surface area contributed by atoms with E-state index in [1.54, 1.807) is 18.0 Å². The van der Waals surface area contributed by atoms with Crippen LogP contribution in [-0.2, 0) is 0 Å². The maximum absolute atomic E-state index is 5.21. The van der Waals surface area contributed by atoms with Crippen LogP contribution in [0.1, 0.15) is 25.0 Å². The predicted octanol–water partition coefficient (Wildman–Crippen LogP) is 3.18. The molecule has 0 saturated heterocycles. The van der Waals surface area contributed by atoms with Gasteiger partial charge in [-0.25, -0.2) is 4.98 Å². The first-order valence-corrected chi connectivity index (χ1v) is 6.10. The summed E-state index contributed by atoms with van der Waals surface area (Å²) in [7, 11) is 0. The Morgan fingerprint density at radius 1 is 1.46 bits per heavy atom. The smallest absolute Gasteiger partial charge is 0.255 e. The summed E-state index contributed by atoms with van der Waals surface area (Å²) in [6, 6.07) is 0. The van der Waals surface area contributed by atoms with Gasteiger partial charge in [-0.1, -0.05) is 18.2 Å². The Morgan fingerprint density at radius 3 is 2.92 bits per heavy atom. The van der Waals surface area contributed by atoms with Gasteiger partial charge in [-0.15, -0.1) is 0 Å². The van der Waals surface area contributed by atoms with Crippen LogP contribution in [0.3, 0.4) is 0 Å². The highest BCUT2D eigenvalue weighted by atomic mass is 32.2. The third-order valence-corrected chi connectivity index (χ3v) is 2.87. The summed E-state index contributed by atoms with van der Waals surface area (Å²) >= 11 is 5.85. The molecule has 0 bridgehead atoms. The van der Waals surface area contributed by atoms with E-state index in [0.29, 0.717) is 0 Å². The molecule has 0 N–H and O–H groups in total. The Labute approximate surface area is 88.9 Å². The van der Waals surface area contributed by atoms with Crippen molar-refractivity contribution in [2.24, 2.45) is 0 Å². The zero-order valence-electron chi connectivity index (χ0n) is 7.82. The van der Waals surface area contributed by atoms with Crippen molar-refractivity contribution in [1.82, 2.24) is 4.98 Å². The monoisotopic (exact) mass is 217 g/mol. The lowest BCUT2D eigenvalue weighted by atomic mass is 10.3. The van der Waals surface area contributed by atoms with Crippen molar-refractivity contribution in [2.45, 2.75) is 31.4 Å². The first-order chi connectivity index (χ1) is 6.33. The number of oxazole rings is 1. The summed E-state index contributed by atoms with van der Waals surface area (Å²) in [5.74, 6) is 2.08. The van der Waals surface area contributed by atoms with Crippen molar-refractivity contribution >= 4 is 24.4 Å². The highest BCUT2D eigenvalue weighted by Crippen LogP contribution is 2.18. The molecular weight excluding hydrogens is 202 g/mol. The first kappa shape index (κ1) is 11.0. The molecule has 0 fully saturated rings. The molecule has 0 saturated carbocycles. The predicted molar refractivity (Wildman–Crippen MR) is 59.7 cm³/mol. The van der Waals surface area contributed by atoms with E-state index in [0.717, 1.165) is 22.4 Å². The SMILES string of the molecule is Cc1coc(SCCCCCS)n1. The second kappa shape index (κ2) is 6.38. The van der Waals surface area contributed by atoms with Gasteiger partial charge in [-0.3, -0.25) is 0 Å². The lowest BCUT2D eigenvalue weighted by Crippen LogP contribution is -1.82. The highest BCUT2D eigenvalue weighted by molar-refractivity contribution is 7.99. The molecule has 0 unspecified atom stereocenters. The zero-order chi connectivity index (χ0) is 9.52. The van der Waals surface area contributed by atoms with Gasteiger partial charge in [-0.05, 0) is 25.5 Å². The summed E-state index contributed by atoms with van der Waals surface area (Å²) in [5, 5.41) is 0.795. The topological polar surface area (TPSA) is 26.0 Å². The molecule has 4 heteroatoms. The molecule has 0 spiro atoms. The van der Waals surface area contributed by atoms with Gasteiger partial charge in [0, 0.05) is 5.75 Å². The van der Waals surface area contributed by atoms with Gasteiger partial charge in [0.05, 0.1) is 5.69 Å². The molecule has 0 amide bonds. The van der Waals surface area contributed by atoms with Gasteiger partial charge in [0.2, 0.25) is 0 Å². The van der Waals surface area contributed by atoms with Crippen molar-refractivity contribution in [1.29, 1.82) is 0 Å². The van der Waals surface area contributed by atoms with E-state index >= 15 is 0 Å². The van der Waals surface area contributed by atoms with E-state index in [1.807, 2.05) is 6.92 Å². The summed E-state index contributed by atoms with van der Waals surface area (Å²) in [4.78, 5) is 4.21. The summed E-state index contributed by atoms with van der Waals surface area (Å²) in [6.45, 7) is 1.94. The third kappa shape index (κ3) is 4.62. The minimum atomic E-state index is 0.795. The fourth-order valence-electron chi connectivity index (χ4n) is 0.949. The van der Waals surface area contributed by atoms with Crippen molar-refractivity contribution in [3.05, 3.63) is 12.0 Å². The molecule has 1 heterocycles. The summed E-state index contributed by atoms with van der Waals surface area (Å²) in [5.41, 5.74) is 0.956. The van der Waals surface area contributed by atoms with E-state index < -0.39 is 0 Å². The third-order valence-electron chi connectivity index (χ3n) is 1.63. The molecule has 74 valence electrons. The second-order valence-corrected chi connectivity index (χ2v) is 4.38. The van der Waals surface area contributed by atoms with E-state index in [-0.39, 0.29) is 0 Å². The van der Waals surface area contributed by atoms with E-state index in [2.05, 4.69) is 17.6 Å². The normalized spacial score (nSPS) is 10.6. The van der Waals surface area contributed by atoms with Gasteiger partial charge >= 0.3 is 0 Å². The Morgan fingerprint density at radius 2 is 2.31 bits per heavy atom. The number of hydrogen-bond donors (Lipinski definition) is 1. The zero-order valence-corrected chi connectivity index (χ0v) is 9.53. The van der Waals surface area contributed by atoms with Gasteiger partial charge in [0.25, 0.3) is 5.22 Å². The van der Waals surface area contributed by atoms with E-state index in [1.165, 1.54) is 19.3 Å². The number of unbranched alkanes of at least 4 members (excludes halogenated alkanes) is 2. The van der Waals surface area contributed by atoms with E-state index in [4.69, 9.17) is 4.42 Å². The second-order valence-electron chi connectivity index (χ2n) is 2.89. The number of rotatable bonds is 6. The fraction of sp³-hybridized carbons (Fsp3) is 0.667. The van der Waals surface area contributed by atoms with Crippen LogP contribution >= 0.6 is 24.4 Å². The summed E-state index contributed by atoms with van der Waals surface area (Å²) < 4.78 is 5.21. The van der Waals surface area contributed by atoms with Gasteiger partial charge in [0.1, 0.15) is 6.26 Å². The Hall–Kier alpha value is -0.0900. The largest absolute Gasteiger partial charge is 0.440 e. The number of thioether (sulfide) groups is 1. The van der Waals surface area contributed by atoms with Crippen molar-refractivity contribution in [3.63, 3.8) is 0 Å². The molecule has 0 aliphatic rings. The van der Waals surface area contributed by atoms with Crippen molar-refractivity contribution in [2.75, 3.05) is 11.5 Å². The van der Waals surface area contributed by atoms with Crippen LogP contribution in [0.4, 0.5) is 0 Å². The van der Waals surface area contributed by atoms with Gasteiger partial charge in [-0.2, -0.15) is 12.6 Å². The maximum Gasteiger partial charge on any atom is 0.255 e. The molecule has 0 aromatic carbocycles. The molecule has 1 aromatic rings. The lowest BCUT2D eigenvalue weighted by molar-refractivity contribution is 0.454. The Balaban J connectivity index is 2.06. The van der Waals surface area contributed by atoms with Crippen LogP contribution in [-0.4, -0.2) is 16.5 Å². The highest BCUT2D eigenvalue weighted by Gasteiger charge is 1.99. The average Bonchev–Trinajstić information content (AvgIpc) is 2.51. The minimum Gasteiger partial charge on any atom is -0.440 e. The van der Waals surface area contributed by atoms with Gasteiger partial charge < -0.3 is 4.42 Å². The van der Waals surface area contributed by atoms with Gasteiger partial charge in [0.15, 0.2) is 0 Å². The molecule has 1 rings (SSSR count). The number of thiol groups is 1. The molecule has 0 radical (unpaired) electrons.